The first-order valence-electron chi connectivity index (χ1n) is 10.8. The zero-order valence-corrected chi connectivity index (χ0v) is 19.9. The molecule has 3 aromatic rings. The normalized spacial score (nSPS) is 15.3. The summed E-state index contributed by atoms with van der Waals surface area (Å²) in [5, 5.41) is 3.19. The van der Waals surface area contributed by atoms with Gasteiger partial charge in [0.15, 0.2) is 0 Å². The molecular formula is C25H26ClN3O3S. The Kier molecular flexibility index (Phi) is 7.14. The number of sulfonamides is 1. The van der Waals surface area contributed by atoms with Crippen LogP contribution in [-0.2, 0) is 16.6 Å². The van der Waals surface area contributed by atoms with Crippen LogP contribution in [0.1, 0.15) is 21.5 Å². The Morgan fingerprint density at radius 3 is 2.36 bits per heavy atom. The van der Waals surface area contributed by atoms with Crippen LogP contribution in [0.3, 0.4) is 0 Å². The summed E-state index contributed by atoms with van der Waals surface area (Å²) in [5.41, 5.74) is 2.93. The molecule has 1 amide bonds. The van der Waals surface area contributed by atoms with Gasteiger partial charge in [-0.3, -0.25) is 9.69 Å². The molecule has 1 heterocycles. The van der Waals surface area contributed by atoms with Crippen LogP contribution in [0.15, 0.2) is 77.7 Å². The zero-order valence-electron chi connectivity index (χ0n) is 18.4. The fourth-order valence-electron chi connectivity index (χ4n) is 3.83. The van der Waals surface area contributed by atoms with Gasteiger partial charge in [-0.15, -0.1) is 0 Å². The fraction of sp³-hybridized carbons (Fsp3) is 0.240. The second kappa shape index (κ2) is 10.1. The van der Waals surface area contributed by atoms with Crippen molar-refractivity contribution in [3.63, 3.8) is 0 Å². The van der Waals surface area contributed by atoms with E-state index < -0.39 is 15.9 Å². The van der Waals surface area contributed by atoms with Crippen LogP contribution in [0, 0.1) is 6.92 Å². The van der Waals surface area contributed by atoms with E-state index in [-0.39, 0.29) is 10.5 Å². The van der Waals surface area contributed by atoms with Gasteiger partial charge in [0.1, 0.15) is 0 Å². The van der Waals surface area contributed by atoms with Gasteiger partial charge in [0.25, 0.3) is 5.91 Å². The molecule has 1 N–H and O–H groups in total. The molecule has 8 heteroatoms. The lowest BCUT2D eigenvalue weighted by Crippen LogP contribution is -2.48. The van der Waals surface area contributed by atoms with Gasteiger partial charge in [-0.05, 0) is 48.4 Å². The second-order valence-electron chi connectivity index (χ2n) is 8.13. The molecule has 3 aromatic carbocycles. The number of aryl methyl sites for hydroxylation is 1. The maximum Gasteiger partial charge on any atom is 0.255 e. The number of hydrogen-bond donors (Lipinski definition) is 1. The summed E-state index contributed by atoms with van der Waals surface area (Å²) in [6.45, 7) is 4.83. The molecule has 0 aromatic heterocycles. The molecule has 0 unspecified atom stereocenters. The summed E-state index contributed by atoms with van der Waals surface area (Å²) in [6, 6.07) is 21.6. The predicted octanol–water partition coefficient (Wildman–Crippen LogP) is 4.41. The number of rotatable bonds is 6. The van der Waals surface area contributed by atoms with Crippen molar-refractivity contribution >= 4 is 33.2 Å². The van der Waals surface area contributed by atoms with Crippen molar-refractivity contribution in [3.8, 4) is 0 Å². The SMILES string of the molecule is Cc1ccc(NC(=O)c2cccc(S(=O)(=O)N3CCN(Cc4ccccc4)CC3)c2)c(Cl)c1. The van der Waals surface area contributed by atoms with Crippen LogP contribution in [-0.4, -0.2) is 49.7 Å². The molecule has 4 rings (SSSR count). The van der Waals surface area contributed by atoms with Gasteiger partial charge in [-0.1, -0.05) is 54.1 Å². The number of halogens is 1. The van der Waals surface area contributed by atoms with E-state index >= 15 is 0 Å². The minimum atomic E-state index is -3.70. The van der Waals surface area contributed by atoms with E-state index in [0.29, 0.717) is 36.9 Å². The Balaban J connectivity index is 1.43. The first-order chi connectivity index (χ1) is 15.8. The Bertz CT molecular complexity index is 1240. The molecule has 0 saturated carbocycles. The summed E-state index contributed by atoms with van der Waals surface area (Å²) in [5.74, 6) is -0.412. The van der Waals surface area contributed by atoms with Gasteiger partial charge >= 0.3 is 0 Å². The van der Waals surface area contributed by atoms with Crippen LogP contribution < -0.4 is 5.32 Å². The Labute approximate surface area is 199 Å². The van der Waals surface area contributed by atoms with E-state index in [4.69, 9.17) is 11.6 Å². The number of anilines is 1. The third kappa shape index (κ3) is 5.62. The molecule has 33 heavy (non-hydrogen) atoms. The molecular weight excluding hydrogens is 458 g/mol. The van der Waals surface area contributed by atoms with Crippen molar-refractivity contribution in [2.24, 2.45) is 0 Å². The van der Waals surface area contributed by atoms with Crippen LogP contribution in [0.5, 0.6) is 0 Å². The summed E-state index contributed by atoms with van der Waals surface area (Å²) < 4.78 is 28.0. The van der Waals surface area contributed by atoms with Crippen molar-refractivity contribution in [2.45, 2.75) is 18.4 Å². The molecule has 1 fully saturated rings. The zero-order chi connectivity index (χ0) is 23.4. The predicted molar refractivity (Wildman–Crippen MR) is 131 cm³/mol. The number of piperazine rings is 1. The highest BCUT2D eigenvalue weighted by molar-refractivity contribution is 7.89. The number of hydrogen-bond acceptors (Lipinski definition) is 4. The van der Waals surface area contributed by atoms with E-state index in [1.165, 1.54) is 22.0 Å². The topological polar surface area (TPSA) is 69.7 Å². The molecule has 0 radical (unpaired) electrons. The lowest BCUT2D eigenvalue weighted by molar-refractivity contribution is 0.102. The highest BCUT2D eigenvalue weighted by atomic mass is 35.5. The number of benzene rings is 3. The standard InChI is InChI=1S/C25H26ClN3O3S/c1-19-10-11-24(23(26)16-19)27-25(30)21-8-5-9-22(17-21)33(31,32)29-14-12-28(13-15-29)18-20-6-3-2-4-7-20/h2-11,16-17H,12-15,18H2,1H3,(H,27,30). The van der Waals surface area contributed by atoms with Gasteiger partial charge in [0, 0.05) is 38.3 Å². The molecule has 0 spiro atoms. The number of amides is 1. The quantitative estimate of drug-likeness (QED) is 0.564. The minimum absolute atomic E-state index is 0.113. The molecule has 0 aliphatic carbocycles. The average molecular weight is 484 g/mol. The Morgan fingerprint density at radius 1 is 0.939 bits per heavy atom. The number of carbonyl (C=O) groups is 1. The van der Waals surface area contributed by atoms with Crippen molar-refractivity contribution in [3.05, 3.63) is 94.5 Å². The van der Waals surface area contributed by atoms with Crippen LogP contribution in [0.2, 0.25) is 5.02 Å². The Hall–Kier alpha value is -2.71. The van der Waals surface area contributed by atoms with E-state index in [0.717, 1.165) is 12.1 Å². The molecule has 1 aliphatic heterocycles. The van der Waals surface area contributed by atoms with Gasteiger partial charge in [0.2, 0.25) is 10.0 Å². The highest BCUT2D eigenvalue weighted by Crippen LogP contribution is 2.24. The smallest absolute Gasteiger partial charge is 0.255 e. The first kappa shape index (κ1) is 23.4. The van der Waals surface area contributed by atoms with Gasteiger partial charge < -0.3 is 5.32 Å². The molecule has 0 bridgehead atoms. The lowest BCUT2D eigenvalue weighted by atomic mass is 10.2. The fourth-order valence-corrected chi connectivity index (χ4v) is 5.58. The third-order valence-electron chi connectivity index (χ3n) is 5.69. The largest absolute Gasteiger partial charge is 0.321 e. The summed E-state index contributed by atoms with van der Waals surface area (Å²) in [4.78, 5) is 15.1. The number of nitrogens with zero attached hydrogens (tertiary/aromatic N) is 2. The summed E-state index contributed by atoms with van der Waals surface area (Å²) in [6.07, 6.45) is 0. The molecule has 0 atom stereocenters. The van der Waals surface area contributed by atoms with E-state index in [1.807, 2.05) is 31.2 Å². The molecule has 6 nitrogen and oxygen atoms in total. The van der Waals surface area contributed by atoms with Crippen molar-refractivity contribution in [1.29, 1.82) is 0 Å². The monoisotopic (exact) mass is 483 g/mol. The average Bonchev–Trinajstić information content (AvgIpc) is 2.82. The molecule has 172 valence electrons. The minimum Gasteiger partial charge on any atom is -0.321 e. The first-order valence-corrected chi connectivity index (χ1v) is 12.6. The maximum atomic E-state index is 13.2. The van der Waals surface area contributed by atoms with Crippen LogP contribution >= 0.6 is 11.6 Å². The maximum absolute atomic E-state index is 13.2. The van der Waals surface area contributed by atoms with Crippen molar-refractivity contribution in [1.82, 2.24) is 9.21 Å². The van der Waals surface area contributed by atoms with E-state index in [1.54, 1.807) is 24.3 Å². The molecule has 1 aliphatic rings. The van der Waals surface area contributed by atoms with Gasteiger partial charge in [0.05, 0.1) is 15.6 Å². The van der Waals surface area contributed by atoms with Crippen LogP contribution in [0.4, 0.5) is 5.69 Å². The summed E-state index contributed by atoms with van der Waals surface area (Å²) >= 11 is 6.21. The second-order valence-corrected chi connectivity index (χ2v) is 10.5. The number of carbonyl (C=O) groups excluding carboxylic acids is 1. The number of nitrogens with one attached hydrogen (secondary N) is 1. The van der Waals surface area contributed by atoms with Gasteiger partial charge in [-0.2, -0.15) is 4.31 Å². The lowest BCUT2D eigenvalue weighted by Gasteiger charge is -2.34. The van der Waals surface area contributed by atoms with E-state index in [2.05, 4.69) is 22.3 Å². The Morgan fingerprint density at radius 2 is 1.67 bits per heavy atom. The summed E-state index contributed by atoms with van der Waals surface area (Å²) in [7, 11) is -3.70. The highest BCUT2D eigenvalue weighted by Gasteiger charge is 2.29. The molecule has 1 saturated heterocycles. The van der Waals surface area contributed by atoms with Crippen molar-refractivity contribution in [2.75, 3.05) is 31.5 Å². The van der Waals surface area contributed by atoms with E-state index in [9.17, 15) is 13.2 Å². The third-order valence-corrected chi connectivity index (χ3v) is 7.89. The van der Waals surface area contributed by atoms with Gasteiger partial charge in [-0.25, -0.2) is 8.42 Å². The van der Waals surface area contributed by atoms with Crippen LogP contribution in [0.25, 0.3) is 0 Å². The van der Waals surface area contributed by atoms with Crippen molar-refractivity contribution < 1.29 is 13.2 Å².